The normalized spacial score (nSPS) is 24.8. The van der Waals surface area contributed by atoms with Crippen molar-refractivity contribution >= 4 is 23.5 Å². The van der Waals surface area contributed by atoms with Gasteiger partial charge in [0.2, 0.25) is 5.60 Å². The Hall–Kier alpha value is -3.47. The zero-order valence-corrected chi connectivity index (χ0v) is 17.0. The minimum Gasteiger partial charge on any atom is -0.481 e. The number of aromatic nitrogens is 3. The van der Waals surface area contributed by atoms with Gasteiger partial charge in [0.1, 0.15) is 42.8 Å². The topological polar surface area (TPSA) is 203 Å². The smallest absolute Gasteiger partial charge is 0.481 e. The van der Waals surface area contributed by atoms with Crippen molar-refractivity contribution in [2.24, 2.45) is 0 Å². The van der Waals surface area contributed by atoms with Crippen LogP contribution in [0.1, 0.15) is 31.4 Å². The van der Waals surface area contributed by atoms with E-state index in [2.05, 4.69) is 10.1 Å². The Kier molecular flexibility index (Phi) is 7.08. The maximum Gasteiger partial charge on any atom is 0.508 e. The van der Waals surface area contributed by atoms with Gasteiger partial charge in [-0.05, 0) is 31.4 Å². The lowest BCUT2D eigenvalue weighted by Gasteiger charge is -2.24. The zero-order valence-electron chi connectivity index (χ0n) is 17.0. The molecule has 0 radical (unpaired) electrons. The summed E-state index contributed by atoms with van der Waals surface area (Å²) in [6.45, 7) is -0.436. The van der Waals surface area contributed by atoms with E-state index in [0.29, 0.717) is 24.8 Å². The fourth-order valence-electron chi connectivity index (χ4n) is 3.45. The first kappa shape index (κ1) is 23.2. The van der Waals surface area contributed by atoms with Crippen LogP contribution in [0.15, 0.2) is 18.5 Å². The monoisotopic (exact) mass is 449 g/mol. The van der Waals surface area contributed by atoms with Crippen molar-refractivity contribution in [1.82, 2.24) is 14.6 Å². The number of carboxylic acid groups (broad SMARTS) is 1. The first-order chi connectivity index (χ1) is 15.3. The molecular weight excluding hydrogens is 426 g/mol. The molecule has 0 unspecified atom stereocenters. The van der Waals surface area contributed by atoms with E-state index in [-0.39, 0.29) is 24.5 Å². The summed E-state index contributed by atoms with van der Waals surface area (Å²) >= 11 is 0. The van der Waals surface area contributed by atoms with Crippen LogP contribution in [0.5, 0.6) is 0 Å². The standard InChI is InChI=1S/C19H23N5O8/c20-9-19(13-6-5-11-17(21)22-10-23-24(11)13)16(28)15(27)12(32-19)8-31-18(29)30-7-3-1-2-4-14(25)26/h5-6,10,12,15-16,27-28H,1-4,7-8H2,(H,25,26)(H2,21,22,23)/t12-,15-,16-,19+/m1/s1. The molecule has 2 aromatic rings. The van der Waals surface area contributed by atoms with E-state index < -0.39 is 42.6 Å². The lowest BCUT2D eigenvalue weighted by molar-refractivity contribution is -0.137. The number of aliphatic hydroxyl groups excluding tert-OH is 2. The number of hydrogen-bond donors (Lipinski definition) is 4. The van der Waals surface area contributed by atoms with Gasteiger partial charge in [-0.15, -0.1) is 0 Å². The van der Waals surface area contributed by atoms with Crippen LogP contribution in [0.3, 0.4) is 0 Å². The Morgan fingerprint density at radius 3 is 2.78 bits per heavy atom. The van der Waals surface area contributed by atoms with E-state index in [4.69, 9.17) is 25.1 Å². The number of nitrogen functional groups attached to an aromatic ring is 1. The highest BCUT2D eigenvalue weighted by atomic mass is 16.7. The summed E-state index contributed by atoms with van der Waals surface area (Å²) in [4.78, 5) is 26.1. The number of rotatable bonds is 9. The van der Waals surface area contributed by atoms with Gasteiger partial charge in [-0.2, -0.15) is 10.4 Å². The number of unbranched alkanes of at least 4 members (excludes halogenated alkanes) is 2. The Morgan fingerprint density at radius 1 is 1.28 bits per heavy atom. The number of carbonyl (C=O) groups is 2. The maximum absolute atomic E-state index is 11.8. The summed E-state index contributed by atoms with van der Waals surface area (Å²) in [5, 5.41) is 43.4. The summed E-state index contributed by atoms with van der Waals surface area (Å²) in [6, 6.07) is 4.90. The van der Waals surface area contributed by atoms with Gasteiger partial charge in [0, 0.05) is 6.42 Å². The van der Waals surface area contributed by atoms with E-state index in [0.717, 1.165) is 0 Å². The van der Waals surface area contributed by atoms with Crippen molar-refractivity contribution in [3.63, 3.8) is 0 Å². The molecule has 1 aliphatic heterocycles. The van der Waals surface area contributed by atoms with Crippen molar-refractivity contribution in [3.8, 4) is 6.07 Å². The number of anilines is 1. The van der Waals surface area contributed by atoms with Crippen molar-refractivity contribution in [2.45, 2.75) is 49.6 Å². The number of fused-ring (bicyclic) bond motifs is 1. The predicted octanol–water partition coefficient (Wildman–Crippen LogP) is -0.0508. The molecule has 0 aromatic carbocycles. The molecule has 4 atom stereocenters. The molecule has 3 rings (SSSR count). The van der Waals surface area contributed by atoms with Crippen LogP contribution in [0, 0.1) is 11.3 Å². The van der Waals surface area contributed by atoms with Gasteiger partial charge in [0.25, 0.3) is 0 Å². The molecule has 1 fully saturated rings. The van der Waals surface area contributed by atoms with Gasteiger partial charge in [0.05, 0.1) is 12.3 Å². The average Bonchev–Trinajstić information content (AvgIpc) is 3.30. The molecule has 1 aliphatic rings. The van der Waals surface area contributed by atoms with Gasteiger partial charge in [0.15, 0.2) is 5.82 Å². The lowest BCUT2D eigenvalue weighted by atomic mass is 9.92. The highest BCUT2D eigenvalue weighted by Gasteiger charge is 2.57. The Labute approximate surface area is 181 Å². The number of ether oxygens (including phenoxy) is 3. The quantitative estimate of drug-likeness (QED) is 0.294. The minimum absolute atomic E-state index is 0.0363. The van der Waals surface area contributed by atoms with Crippen molar-refractivity contribution in [2.75, 3.05) is 18.9 Å². The van der Waals surface area contributed by atoms with Crippen LogP contribution in [-0.4, -0.2) is 73.6 Å². The van der Waals surface area contributed by atoms with Gasteiger partial charge >= 0.3 is 12.1 Å². The first-order valence-electron chi connectivity index (χ1n) is 9.85. The maximum atomic E-state index is 11.8. The second-order valence-electron chi connectivity index (χ2n) is 7.21. The van der Waals surface area contributed by atoms with Crippen LogP contribution in [-0.2, 0) is 24.6 Å². The van der Waals surface area contributed by atoms with Gasteiger partial charge in [-0.25, -0.2) is 14.3 Å². The summed E-state index contributed by atoms with van der Waals surface area (Å²) in [5.41, 5.74) is 4.32. The number of aliphatic carboxylic acids is 1. The molecule has 172 valence electrons. The van der Waals surface area contributed by atoms with Crippen LogP contribution in [0.4, 0.5) is 10.6 Å². The molecule has 3 heterocycles. The van der Waals surface area contributed by atoms with Crippen molar-refractivity contribution in [3.05, 3.63) is 24.2 Å². The van der Waals surface area contributed by atoms with Crippen LogP contribution < -0.4 is 5.73 Å². The summed E-state index contributed by atoms with van der Waals surface area (Å²) in [7, 11) is 0. The molecule has 0 saturated carbocycles. The van der Waals surface area contributed by atoms with Gasteiger partial charge in [-0.3, -0.25) is 4.79 Å². The summed E-state index contributed by atoms with van der Waals surface area (Å²) in [5.74, 6) is -0.738. The van der Waals surface area contributed by atoms with Crippen LogP contribution in [0.25, 0.3) is 5.52 Å². The number of nitrogens with zero attached hydrogens (tertiary/aromatic N) is 4. The average molecular weight is 449 g/mol. The molecule has 0 bridgehead atoms. The van der Waals surface area contributed by atoms with E-state index >= 15 is 0 Å². The van der Waals surface area contributed by atoms with E-state index in [1.165, 1.54) is 16.9 Å². The first-order valence-corrected chi connectivity index (χ1v) is 9.85. The van der Waals surface area contributed by atoms with Crippen molar-refractivity contribution in [1.29, 1.82) is 5.26 Å². The number of carboxylic acids is 1. The summed E-state index contributed by atoms with van der Waals surface area (Å²) in [6.07, 6.45) is -2.71. The third kappa shape index (κ3) is 4.57. The largest absolute Gasteiger partial charge is 0.508 e. The predicted molar refractivity (Wildman–Crippen MR) is 105 cm³/mol. The third-order valence-corrected chi connectivity index (χ3v) is 5.11. The van der Waals surface area contributed by atoms with Gasteiger partial charge in [-0.1, -0.05) is 0 Å². The molecule has 0 aliphatic carbocycles. The molecule has 5 N–H and O–H groups in total. The van der Waals surface area contributed by atoms with Crippen molar-refractivity contribution < 1.29 is 39.1 Å². The molecule has 13 nitrogen and oxygen atoms in total. The lowest BCUT2D eigenvalue weighted by Crippen LogP contribution is -2.41. The minimum atomic E-state index is -1.99. The molecule has 32 heavy (non-hydrogen) atoms. The van der Waals surface area contributed by atoms with E-state index in [1.54, 1.807) is 6.07 Å². The Balaban J connectivity index is 1.59. The fourth-order valence-corrected chi connectivity index (χ4v) is 3.45. The fraction of sp³-hybridized carbons (Fsp3) is 0.526. The van der Waals surface area contributed by atoms with Crippen LogP contribution >= 0.6 is 0 Å². The molecule has 1 saturated heterocycles. The van der Waals surface area contributed by atoms with Crippen LogP contribution in [0.2, 0.25) is 0 Å². The molecule has 13 heteroatoms. The number of nitrogens with two attached hydrogens (primary N) is 1. The highest BCUT2D eigenvalue weighted by Crippen LogP contribution is 2.40. The van der Waals surface area contributed by atoms with E-state index in [9.17, 15) is 25.1 Å². The SMILES string of the molecule is N#C[C@@]1(c2ccc3c(N)ncnn23)O[C@H](COC(=O)OCCCCCC(=O)O)[C@@H](O)[C@H]1O. The Morgan fingerprint density at radius 2 is 2.06 bits per heavy atom. The number of nitriles is 1. The number of hydrogen-bond acceptors (Lipinski definition) is 11. The highest BCUT2D eigenvalue weighted by molar-refractivity contribution is 5.66. The zero-order chi connectivity index (χ0) is 23.3. The number of aliphatic hydroxyl groups is 2. The second kappa shape index (κ2) is 9.77. The molecule has 0 amide bonds. The summed E-state index contributed by atoms with van der Waals surface area (Å²) < 4.78 is 16.8. The van der Waals surface area contributed by atoms with E-state index in [1.807, 2.05) is 6.07 Å². The molecule has 2 aromatic heterocycles. The Bertz CT molecular complexity index is 1020. The molecular formula is C19H23N5O8. The number of carbonyl (C=O) groups excluding carboxylic acids is 1. The molecule has 0 spiro atoms. The van der Waals surface area contributed by atoms with Gasteiger partial charge < -0.3 is 35.3 Å². The third-order valence-electron chi connectivity index (χ3n) is 5.11. The second-order valence-corrected chi connectivity index (χ2v) is 7.21.